The van der Waals surface area contributed by atoms with Crippen LogP contribution < -0.4 is 16.4 Å². The lowest BCUT2D eigenvalue weighted by molar-refractivity contribution is 0.464. The molecule has 44 heavy (non-hydrogen) atoms. The van der Waals surface area contributed by atoms with Crippen LogP contribution in [-0.2, 0) is 0 Å². The van der Waals surface area contributed by atoms with Crippen LogP contribution in [0.15, 0.2) is 120 Å². The average molecular weight is 564 g/mol. The van der Waals surface area contributed by atoms with Crippen molar-refractivity contribution in [2.45, 2.75) is 0 Å². The number of hydrogen-bond donors (Lipinski definition) is 2. The number of phenols is 2. The summed E-state index contributed by atoms with van der Waals surface area (Å²) in [5, 5.41) is 28.7. The fourth-order valence-electron chi connectivity index (χ4n) is 7.10. The van der Waals surface area contributed by atoms with Crippen molar-refractivity contribution < 1.29 is 14.6 Å². The Bertz CT molecular complexity index is 2360. The van der Waals surface area contributed by atoms with E-state index in [-0.39, 0.29) is 11.5 Å². The van der Waals surface area contributed by atoms with E-state index in [1.165, 1.54) is 0 Å². The minimum atomic E-state index is 0.127. The van der Waals surface area contributed by atoms with Crippen molar-refractivity contribution >= 4 is 83.4 Å². The highest BCUT2D eigenvalue weighted by Gasteiger charge is 2.24. The highest BCUT2D eigenvalue weighted by Crippen LogP contribution is 2.48. The predicted molar refractivity (Wildman–Crippen MR) is 193 cm³/mol. The summed E-state index contributed by atoms with van der Waals surface area (Å²) in [5.74, 6) is 0.255. The minimum Gasteiger partial charge on any atom is -0.509 e. The number of hydrogen-bond acceptors (Lipinski definition) is 3. The topological polar surface area (TPSA) is 53.6 Å². The molecule has 206 valence electrons. The Hall–Kier alpha value is -5.35. The molecule has 0 radical (unpaired) electrons. The normalized spacial score (nSPS) is 11.6. The Labute approximate surface area is 257 Å². The molecule has 2 N–H and O–H groups in total. The van der Waals surface area contributed by atoms with Crippen LogP contribution in [0.2, 0.25) is 0 Å². The van der Waals surface area contributed by atoms with Crippen LogP contribution in [0, 0.1) is 0 Å². The lowest BCUT2D eigenvalue weighted by Gasteiger charge is -2.23. The van der Waals surface area contributed by atoms with Gasteiger partial charge in [0.15, 0.2) is 0 Å². The van der Waals surface area contributed by atoms with Gasteiger partial charge in [0, 0.05) is 10.8 Å². The Morgan fingerprint density at radius 1 is 0.432 bits per heavy atom. The van der Waals surface area contributed by atoms with Gasteiger partial charge in [-0.2, -0.15) is 0 Å². The summed E-state index contributed by atoms with van der Waals surface area (Å²) in [6, 6.07) is 40.1. The van der Waals surface area contributed by atoms with E-state index in [4.69, 9.17) is 4.42 Å². The lowest BCUT2D eigenvalue weighted by Crippen LogP contribution is -2.28. The van der Waals surface area contributed by atoms with Gasteiger partial charge in [-0.1, -0.05) is 97.1 Å². The van der Waals surface area contributed by atoms with E-state index in [1.807, 2.05) is 33.9 Å². The Morgan fingerprint density at radius 2 is 0.932 bits per heavy atom. The third kappa shape index (κ3) is 3.74. The first-order chi connectivity index (χ1) is 21.4. The molecule has 0 atom stereocenters. The van der Waals surface area contributed by atoms with Gasteiger partial charge in [-0.3, -0.25) is 0 Å². The second kappa shape index (κ2) is 9.85. The summed E-state index contributed by atoms with van der Waals surface area (Å²) in [6.07, 6.45) is 0. The quantitative estimate of drug-likeness (QED) is 0.233. The maximum Gasteiger partial charge on any atom is 0.149 e. The summed E-state index contributed by atoms with van der Waals surface area (Å²) in [5.41, 5.74) is 10.0. The van der Waals surface area contributed by atoms with Gasteiger partial charge >= 0.3 is 0 Å². The van der Waals surface area contributed by atoms with Gasteiger partial charge in [0.1, 0.15) is 46.2 Å². The molecule has 0 aliphatic carbocycles. The van der Waals surface area contributed by atoms with Crippen molar-refractivity contribution in [1.29, 1.82) is 0 Å². The van der Waals surface area contributed by atoms with E-state index in [9.17, 15) is 10.2 Å². The molecule has 0 spiro atoms. The molecule has 0 amide bonds. The molecule has 6 heteroatoms. The number of benzene rings is 7. The van der Waals surface area contributed by atoms with Crippen LogP contribution in [0.25, 0.3) is 76.9 Å². The number of phenolic OH excluding ortho intramolecular Hbond substituents is 2. The first-order valence-corrected chi connectivity index (χ1v) is 14.9. The molecule has 0 fully saturated rings. The molecule has 0 aliphatic heterocycles. The number of aromatic hydroxyl groups is 2. The van der Waals surface area contributed by atoms with Gasteiger partial charge in [-0.05, 0) is 89.5 Å². The molecule has 0 aliphatic rings. The van der Waals surface area contributed by atoms with Crippen molar-refractivity contribution in [2.75, 3.05) is 0 Å². The largest absolute Gasteiger partial charge is 0.509 e. The molecular weight excluding hydrogens is 537 g/mol. The van der Waals surface area contributed by atoms with E-state index in [1.54, 1.807) is 7.85 Å². The molecule has 1 aromatic heterocycles. The summed E-state index contributed by atoms with van der Waals surface area (Å²) in [4.78, 5) is 0. The van der Waals surface area contributed by atoms with Crippen LogP contribution in [0.1, 0.15) is 0 Å². The number of fused-ring (bicyclic) bond motifs is 5. The SMILES string of the molecule is Bc1c(O)c(B)c(-c2c3ccccc3c(-c3cc(-c4ccccc4)cc4oc5ccccc5c34)c3ccccc23)c(B)c1O. The lowest BCUT2D eigenvalue weighted by atomic mass is 9.70. The van der Waals surface area contributed by atoms with Crippen LogP contribution >= 0.6 is 0 Å². The summed E-state index contributed by atoms with van der Waals surface area (Å²) >= 11 is 0. The van der Waals surface area contributed by atoms with E-state index in [0.29, 0.717) is 5.46 Å². The second-order valence-corrected chi connectivity index (χ2v) is 11.6. The van der Waals surface area contributed by atoms with Gasteiger partial charge in [-0.25, -0.2) is 0 Å². The number of furan rings is 1. The van der Waals surface area contributed by atoms with Gasteiger partial charge in [0.25, 0.3) is 0 Å². The van der Waals surface area contributed by atoms with Crippen molar-refractivity contribution in [3.63, 3.8) is 0 Å². The zero-order chi connectivity index (χ0) is 30.1. The maximum absolute atomic E-state index is 11.1. The van der Waals surface area contributed by atoms with Crippen LogP contribution in [-0.4, -0.2) is 33.8 Å². The van der Waals surface area contributed by atoms with Crippen molar-refractivity contribution in [3.05, 3.63) is 115 Å². The van der Waals surface area contributed by atoms with E-state index in [0.717, 1.165) is 87.8 Å². The predicted octanol–water partition coefficient (Wildman–Crippen LogP) is 5.08. The van der Waals surface area contributed by atoms with Crippen molar-refractivity contribution in [2.24, 2.45) is 0 Å². The molecule has 8 aromatic rings. The Morgan fingerprint density at radius 3 is 1.52 bits per heavy atom. The standard InChI is InChI=1S/C38H27B3O3/c39-34-33(35(40)38(43)36(41)37(34)42)32-24-14-6-4-12-22(24)30(23-13-5-7-15-25(23)32)27-18-21(20-10-2-1-3-11-20)19-29-31(27)26-16-8-9-17-28(26)44-29/h1-19,42-43H,39-41H2. The Balaban J connectivity index is 1.59. The summed E-state index contributed by atoms with van der Waals surface area (Å²) in [7, 11) is 5.63. The number of para-hydroxylation sites is 1. The summed E-state index contributed by atoms with van der Waals surface area (Å²) < 4.78 is 6.51. The molecule has 0 saturated heterocycles. The average Bonchev–Trinajstić information content (AvgIpc) is 3.45. The van der Waals surface area contributed by atoms with Gasteiger partial charge < -0.3 is 14.6 Å². The fourth-order valence-corrected chi connectivity index (χ4v) is 7.10. The molecule has 3 nitrogen and oxygen atoms in total. The highest BCUT2D eigenvalue weighted by molar-refractivity contribution is 6.53. The minimum absolute atomic E-state index is 0.127. The zero-order valence-corrected chi connectivity index (χ0v) is 24.8. The molecule has 8 rings (SSSR count). The van der Waals surface area contributed by atoms with Gasteiger partial charge in [0.05, 0.1) is 0 Å². The third-order valence-corrected chi connectivity index (χ3v) is 9.21. The summed E-state index contributed by atoms with van der Waals surface area (Å²) in [6.45, 7) is 0. The molecule has 7 aromatic carbocycles. The highest BCUT2D eigenvalue weighted by atomic mass is 16.3. The third-order valence-electron chi connectivity index (χ3n) is 9.21. The van der Waals surface area contributed by atoms with E-state index >= 15 is 0 Å². The molecule has 0 saturated carbocycles. The van der Waals surface area contributed by atoms with Crippen molar-refractivity contribution in [1.82, 2.24) is 0 Å². The van der Waals surface area contributed by atoms with E-state index < -0.39 is 0 Å². The zero-order valence-electron chi connectivity index (χ0n) is 24.8. The molecule has 1 heterocycles. The molecule has 0 bridgehead atoms. The first-order valence-electron chi connectivity index (χ1n) is 14.9. The smallest absolute Gasteiger partial charge is 0.149 e. The first kappa shape index (κ1) is 26.3. The molecule has 0 unspecified atom stereocenters. The van der Waals surface area contributed by atoms with E-state index in [2.05, 4.69) is 97.1 Å². The van der Waals surface area contributed by atoms with Crippen LogP contribution in [0.4, 0.5) is 0 Å². The second-order valence-electron chi connectivity index (χ2n) is 11.6. The van der Waals surface area contributed by atoms with Crippen LogP contribution in [0.3, 0.4) is 0 Å². The maximum atomic E-state index is 11.1. The molecular formula is C38H27B3O3. The van der Waals surface area contributed by atoms with Crippen LogP contribution in [0.5, 0.6) is 11.5 Å². The van der Waals surface area contributed by atoms with Gasteiger partial charge in [-0.15, -0.1) is 0 Å². The van der Waals surface area contributed by atoms with Crippen molar-refractivity contribution in [3.8, 4) is 44.9 Å². The monoisotopic (exact) mass is 564 g/mol. The number of rotatable bonds is 3. The van der Waals surface area contributed by atoms with Gasteiger partial charge in [0.2, 0.25) is 0 Å². The fraction of sp³-hybridized carbons (Fsp3) is 0. The Kier molecular flexibility index (Phi) is 5.89.